The highest BCUT2D eigenvalue weighted by atomic mass is 35.5. The van der Waals surface area contributed by atoms with Crippen molar-refractivity contribution in [2.45, 2.75) is 19.0 Å². The Labute approximate surface area is 99.6 Å². The molecule has 0 aliphatic carbocycles. The number of nitrogens with zero attached hydrogens (tertiary/aromatic N) is 3. The molecule has 0 spiro atoms. The molecule has 3 heterocycles. The first kappa shape index (κ1) is 11.3. The second-order valence-corrected chi connectivity index (χ2v) is 4.75. The van der Waals surface area contributed by atoms with Crippen LogP contribution in [0, 0.1) is 5.92 Å². The van der Waals surface area contributed by atoms with Gasteiger partial charge in [-0.1, -0.05) is 4.49 Å². The van der Waals surface area contributed by atoms with Gasteiger partial charge >= 0.3 is 0 Å². The number of hydrogen-bond acceptors (Lipinski definition) is 5. The Morgan fingerprint density at radius 2 is 2.47 bits per heavy atom. The maximum absolute atomic E-state index is 4.10. The summed E-state index contributed by atoms with van der Waals surface area (Å²) >= 11 is 1.44. The van der Waals surface area contributed by atoms with Crippen LogP contribution < -0.4 is 5.32 Å². The van der Waals surface area contributed by atoms with Gasteiger partial charge < -0.3 is 5.32 Å². The molecule has 0 unspecified atom stereocenters. The Morgan fingerprint density at radius 3 is 3.27 bits per heavy atom. The lowest BCUT2D eigenvalue weighted by molar-refractivity contribution is 0.241. The van der Waals surface area contributed by atoms with Crippen LogP contribution in [0.4, 0.5) is 0 Å². The van der Waals surface area contributed by atoms with Crippen LogP contribution in [0.5, 0.6) is 0 Å². The quantitative estimate of drug-likeness (QED) is 0.837. The topological polar surface area (TPSA) is 41.1 Å². The van der Waals surface area contributed by atoms with Crippen LogP contribution in [0.1, 0.15) is 12.1 Å². The largest absolute Gasteiger partial charge is 0.315 e. The molecular formula is C9H15ClN4S. The molecule has 0 radical (unpaired) electrons. The third-order valence-corrected chi connectivity index (χ3v) is 3.88. The summed E-state index contributed by atoms with van der Waals surface area (Å²) in [6, 6.07) is 0.747. The van der Waals surface area contributed by atoms with Crippen molar-refractivity contribution in [3.63, 3.8) is 0 Å². The second kappa shape index (κ2) is 4.74. The van der Waals surface area contributed by atoms with E-state index >= 15 is 0 Å². The molecule has 2 aliphatic heterocycles. The lowest BCUT2D eigenvalue weighted by Gasteiger charge is -2.21. The van der Waals surface area contributed by atoms with E-state index in [9.17, 15) is 0 Å². The van der Waals surface area contributed by atoms with E-state index in [-0.39, 0.29) is 12.4 Å². The van der Waals surface area contributed by atoms with E-state index in [0.717, 1.165) is 30.7 Å². The summed E-state index contributed by atoms with van der Waals surface area (Å²) in [7, 11) is 0. The van der Waals surface area contributed by atoms with Crippen molar-refractivity contribution < 1.29 is 0 Å². The van der Waals surface area contributed by atoms with E-state index in [4.69, 9.17) is 0 Å². The van der Waals surface area contributed by atoms with Crippen molar-refractivity contribution in [2.75, 3.05) is 19.6 Å². The number of hydrogen-bond donors (Lipinski definition) is 1. The van der Waals surface area contributed by atoms with Gasteiger partial charge in [0, 0.05) is 24.5 Å². The van der Waals surface area contributed by atoms with Crippen LogP contribution in [0.3, 0.4) is 0 Å². The summed E-state index contributed by atoms with van der Waals surface area (Å²) in [6.45, 7) is 4.58. The van der Waals surface area contributed by atoms with Crippen LogP contribution >= 0.6 is 23.9 Å². The highest BCUT2D eigenvalue weighted by molar-refractivity contribution is 7.03. The molecule has 1 aromatic rings. The molecule has 1 N–H and O–H groups in total. The third kappa shape index (κ3) is 2.15. The SMILES string of the molecule is Cl.c1snnc1CN1CC[C@H]2CNC[C@H]21. The van der Waals surface area contributed by atoms with Gasteiger partial charge in [-0.3, -0.25) is 4.90 Å². The summed E-state index contributed by atoms with van der Waals surface area (Å²) < 4.78 is 3.90. The number of halogens is 1. The van der Waals surface area contributed by atoms with E-state index in [0.29, 0.717) is 0 Å². The molecular weight excluding hydrogens is 232 g/mol. The molecule has 0 saturated carbocycles. The van der Waals surface area contributed by atoms with Gasteiger partial charge in [0.2, 0.25) is 0 Å². The van der Waals surface area contributed by atoms with Gasteiger partial charge in [-0.15, -0.1) is 17.5 Å². The molecule has 3 rings (SSSR count). The highest BCUT2D eigenvalue weighted by Crippen LogP contribution is 2.28. The summed E-state index contributed by atoms with van der Waals surface area (Å²) in [6.07, 6.45) is 1.34. The molecule has 6 heteroatoms. The fourth-order valence-electron chi connectivity index (χ4n) is 2.60. The van der Waals surface area contributed by atoms with Crippen molar-refractivity contribution in [3.8, 4) is 0 Å². The molecule has 15 heavy (non-hydrogen) atoms. The Hall–Kier alpha value is -0.230. The molecule has 4 nitrogen and oxygen atoms in total. The van der Waals surface area contributed by atoms with E-state index in [2.05, 4.69) is 25.2 Å². The first-order chi connectivity index (χ1) is 6.93. The third-order valence-electron chi connectivity index (χ3n) is 3.33. The van der Waals surface area contributed by atoms with Gasteiger partial charge in [0.25, 0.3) is 0 Å². The average Bonchev–Trinajstić information content (AvgIpc) is 2.85. The fourth-order valence-corrected chi connectivity index (χ4v) is 3.04. The number of aromatic nitrogens is 2. The Bertz CT molecular complexity index is 305. The molecule has 0 aromatic carbocycles. The van der Waals surface area contributed by atoms with Gasteiger partial charge in [0.15, 0.2) is 0 Å². The molecule has 2 atom stereocenters. The standard InChI is InChI=1S/C9H14N4S.ClH/c1-2-13(5-8-6-14-12-11-8)9-4-10-3-7(1)9;/h6-7,9-10H,1-5H2;1H/t7-,9+;/m0./s1. The minimum Gasteiger partial charge on any atom is -0.315 e. The Morgan fingerprint density at radius 1 is 1.53 bits per heavy atom. The lowest BCUT2D eigenvalue weighted by Crippen LogP contribution is -2.33. The predicted molar refractivity (Wildman–Crippen MR) is 62.3 cm³/mol. The average molecular weight is 247 g/mol. The number of fused-ring (bicyclic) bond motifs is 1. The monoisotopic (exact) mass is 246 g/mol. The maximum Gasteiger partial charge on any atom is 0.0895 e. The van der Waals surface area contributed by atoms with Gasteiger partial charge in [0.1, 0.15) is 0 Å². The van der Waals surface area contributed by atoms with Crippen molar-refractivity contribution in [2.24, 2.45) is 5.92 Å². The first-order valence-electron chi connectivity index (χ1n) is 5.14. The van der Waals surface area contributed by atoms with Gasteiger partial charge in [0.05, 0.1) is 5.69 Å². The zero-order valence-electron chi connectivity index (χ0n) is 8.43. The van der Waals surface area contributed by atoms with Gasteiger partial charge in [-0.2, -0.15) is 0 Å². The van der Waals surface area contributed by atoms with Crippen LogP contribution in [-0.2, 0) is 6.54 Å². The minimum atomic E-state index is 0. The normalized spacial score (nSPS) is 30.1. The summed E-state index contributed by atoms with van der Waals surface area (Å²) in [5.41, 5.74) is 1.13. The van der Waals surface area contributed by atoms with Gasteiger partial charge in [-0.25, -0.2) is 0 Å². The Kier molecular flexibility index (Phi) is 3.56. The minimum absolute atomic E-state index is 0. The van der Waals surface area contributed by atoms with E-state index in [1.54, 1.807) is 0 Å². The number of nitrogens with one attached hydrogen (secondary N) is 1. The zero-order valence-corrected chi connectivity index (χ0v) is 10.1. The van der Waals surface area contributed by atoms with Crippen molar-refractivity contribution in [1.82, 2.24) is 19.8 Å². The molecule has 0 amide bonds. The fraction of sp³-hybridized carbons (Fsp3) is 0.778. The number of likely N-dealkylation sites (tertiary alicyclic amines) is 1. The highest BCUT2D eigenvalue weighted by Gasteiger charge is 2.37. The van der Waals surface area contributed by atoms with Gasteiger partial charge in [-0.05, 0) is 37.0 Å². The van der Waals surface area contributed by atoms with Crippen LogP contribution in [0.25, 0.3) is 0 Å². The lowest BCUT2D eigenvalue weighted by atomic mass is 10.1. The summed E-state index contributed by atoms with van der Waals surface area (Å²) in [4.78, 5) is 2.54. The van der Waals surface area contributed by atoms with Crippen LogP contribution in [0.15, 0.2) is 5.38 Å². The molecule has 1 aromatic heterocycles. The number of rotatable bonds is 2. The molecule has 2 fully saturated rings. The maximum atomic E-state index is 4.10. The molecule has 2 saturated heterocycles. The van der Waals surface area contributed by atoms with Crippen molar-refractivity contribution in [1.29, 1.82) is 0 Å². The second-order valence-electron chi connectivity index (χ2n) is 4.14. The Balaban J connectivity index is 0.000000853. The zero-order chi connectivity index (χ0) is 9.38. The summed E-state index contributed by atoms with van der Waals surface area (Å²) in [5, 5.41) is 9.61. The van der Waals surface area contributed by atoms with Crippen LogP contribution in [0.2, 0.25) is 0 Å². The predicted octanol–water partition coefficient (Wildman–Crippen LogP) is 0.754. The van der Waals surface area contributed by atoms with Crippen LogP contribution in [-0.4, -0.2) is 40.2 Å². The van der Waals surface area contributed by atoms with Crippen molar-refractivity contribution in [3.05, 3.63) is 11.1 Å². The molecule has 2 aliphatic rings. The van der Waals surface area contributed by atoms with E-state index in [1.807, 2.05) is 0 Å². The van der Waals surface area contributed by atoms with Crippen molar-refractivity contribution >= 4 is 23.9 Å². The summed E-state index contributed by atoms with van der Waals surface area (Å²) in [5.74, 6) is 0.876. The van der Waals surface area contributed by atoms with E-state index < -0.39 is 0 Å². The smallest absolute Gasteiger partial charge is 0.0895 e. The molecule has 84 valence electrons. The van der Waals surface area contributed by atoms with E-state index in [1.165, 1.54) is 31.0 Å². The molecule has 0 bridgehead atoms. The first-order valence-corrected chi connectivity index (χ1v) is 5.98.